The molecular formula is C13H24N4O2. The van der Waals surface area contributed by atoms with Crippen LogP contribution < -0.4 is 0 Å². The third-order valence-corrected chi connectivity index (χ3v) is 3.20. The lowest BCUT2D eigenvalue weighted by Crippen LogP contribution is -2.15. The highest BCUT2D eigenvalue weighted by atomic mass is 16.4. The van der Waals surface area contributed by atoms with Gasteiger partial charge in [-0.15, -0.1) is 5.10 Å². The number of rotatable bonds is 10. The van der Waals surface area contributed by atoms with Crippen LogP contribution in [0.2, 0.25) is 0 Å². The Labute approximate surface area is 114 Å². The van der Waals surface area contributed by atoms with Crippen molar-refractivity contribution < 1.29 is 9.90 Å². The molecule has 1 atom stereocenters. The van der Waals surface area contributed by atoms with Crippen molar-refractivity contribution in [2.75, 3.05) is 0 Å². The molecule has 1 heterocycles. The number of aliphatic carboxylic acids is 1. The van der Waals surface area contributed by atoms with E-state index in [4.69, 9.17) is 5.11 Å². The number of hydrogen-bond acceptors (Lipinski definition) is 4. The lowest BCUT2D eigenvalue weighted by Gasteiger charge is -2.10. The Morgan fingerprint density at radius 3 is 2.63 bits per heavy atom. The van der Waals surface area contributed by atoms with E-state index in [1.54, 1.807) is 4.68 Å². The molecule has 0 fully saturated rings. The number of nitrogens with zero attached hydrogens (tertiary/aromatic N) is 4. The standard InChI is InChI=1S/C13H24N4O2/c1-3-4-5-6-7-8-9-12-14-15-16-17(12)11(2)10-13(18)19/h11H,3-10H2,1-2H3,(H,18,19). The highest BCUT2D eigenvalue weighted by molar-refractivity contribution is 5.67. The Bertz CT molecular complexity index is 378. The van der Waals surface area contributed by atoms with Crippen LogP contribution in [0.1, 0.15) is 70.7 Å². The van der Waals surface area contributed by atoms with E-state index in [9.17, 15) is 4.79 Å². The first kappa shape index (κ1) is 15.6. The molecule has 0 aromatic carbocycles. The minimum absolute atomic E-state index is 0.0501. The van der Waals surface area contributed by atoms with Crippen molar-refractivity contribution in [2.24, 2.45) is 0 Å². The average Bonchev–Trinajstić information content (AvgIpc) is 2.81. The van der Waals surface area contributed by atoms with Gasteiger partial charge in [-0.3, -0.25) is 4.79 Å². The summed E-state index contributed by atoms with van der Waals surface area (Å²) in [6.45, 7) is 4.03. The van der Waals surface area contributed by atoms with Crippen LogP contribution in [-0.4, -0.2) is 31.3 Å². The minimum Gasteiger partial charge on any atom is -0.481 e. The van der Waals surface area contributed by atoms with Crippen molar-refractivity contribution in [2.45, 2.75) is 71.3 Å². The summed E-state index contributed by atoms with van der Waals surface area (Å²) in [5, 5.41) is 20.3. The second-order valence-corrected chi connectivity index (χ2v) is 5.00. The molecule has 0 radical (unpaired) electrons. The van der Waals surface area contributed by atoms with E-state index in [1.807, 2.05) is 6.92 Å². The number of unbranched alkanes of at least 4 members (excludes halogenated alkanes) is 5. The van der Waals surface area contributed by atoms with E-state index < -0.39 is 5.97 Å². The highest BCUT2D eigenvalue weighted by Gasteiger charge is 2.15. The van der Waals surface area contributed by atoms with Gasteiger partial charge in [0.25, 0.3) is 0 Å². The molecule has 1 aromatic heterocycles. The van der Waals surface area contributed by atoms with Gasteiger partial charge in [-0.1, -0.05) is 39.0 Å². The van der Waals surface area contributed by atoms with Gasteiger partial charge < -0.3 is 5.11 Å². The molecule has 1 rings (SSSR count). The minimum atomic E-state index is -0.825. The van der Waals surface area contributed by atoms with Crippen LogP contribution in [0, 0.1) is 0 Å². The van der Waals surface area contributed by atoms with Gasteiger partial charge in [0.2, 0.25) is 0 Å². The topological polar surface area (TPSA) is 80.9 Å². The summed E-state index contributed by atoms with van der Waals surface area (Å²) in [6.07, 6.45) is 8.21. The van der Waals surface area contributed by atoms with Gasteiger partial charge >= 0.3 is 5.97 Å². The first-order valence-corrected chi connectivity index (χ1v) is 7.13. The summed E-state index contributed by atoms with van der Waals surface area (Å²) in [4.78, 5) is 10.7. The number of aromatic nitrogens is 4. The third kappa shape index (κ3) is 5.81. The zero-order valence-electron chi connectivity index (χ0n) is 11.9. The fourth-order valence-electron chi connectivity index (χ4n) is 2.12. The van der Waals surface area contributed by atoms with Crippen molar-refractivity contribution in [1.29, 1.82) is 0 Å². The molecule has 0 spiro atoms. The van der Waals surface area contributed by atoms with Gasteiger partial charge in [-0.25, -0.2) is 4.68 Å². The first-order valence-electron chi connectivity index (χ1n) is 7.13. The Hall–Kier alpha value is -1.46. The van der Waals surface area contributed by atoms with Crippen LogP contribution in [-0.2, 0) is 11.2 Å². The summed E-state index contributed by atoms with van der Waals surface area (Å²) in [6, 6.07) is -0.192. The number of carboxylic acids is 1. The van der Waals surface area contributed by atoms with Crippen molar-refractivity contribution in [3.8, 4) is 0 Å². The molecule has 6 heteroatoms. The molecule has 1 N–H and O–H groups in total. The summed E-state index contributed by atoms with van der Waals surface area (Å²) >= 11 is 0. The zero-order valence-corrected chi connectivity index (χ0v) is 11.9. The maximum absolute atomic E-state index is 10.7. The molecule has 1 aromatic rings. The van der Waals surface area contributed by atoms with Crippen LogP contribution >= 0.6 is 0 Å². The van der Waals surface area contributed by atoms with E-state index in [0.717, 1.165) is 18.7 Å². The SMILES string of the molecule is CCCCCCCCc1nnnn1C(C)CC(=O)O. The molecule has 0 saturated heterocycles. The van der Waals surface area contributed by atoms with Crippen LogP contribution in [0.4, 0.5) is 0 Å². The van der Waals surface area contributed by atoms with Crippen molar-refractivity contribution >= 4 is 5.97 Å². The number of carbonyl (C=O) groups is 1. The molecule has 0 aliphatic carbocycles. The van der Waals surface area contributed by atoms with E-state index in [1.165, 1.54) is 32.1 Å². The second-order valence-electron chi connectivity index (χ2n) is 5.00. The largest absolute Gasteiger partial charge is 0.481 e. The molecule has 0 aliphatic rings. The summed E-state index contributed by atoms with van der Waals surface area (Å²) in [5.74, 6) is -0.0299. The van der Waals surface area contributed by atoms with Gasteiger partial charge in [0.15, 0.2) is 5.82 Å². The van der Waals surface area contributed by atoms with Gasteiger partial charge in [-0.05, 0) is 23.8 Å². The van der Waals surface area contributed by atoms with Crippen molar-refractivity contribution in [3.05, 3.63) is 5.82 Å². The highest BCUT2D eigenvalue weighted by Crippen LogP contribution is 2.13. The van der Waals surface area contributed by atoms with Gasteiger partial charge in [0.1, 0.15) is 0 Å². The number of carboxylic acid groups (broad SMARTS) is 1. The van der Waals surface area contributed by atoms with Crippen LogP contribution in [0.15, 0.2) is 0 Å². The Kier molecular flexibility index (Phi) is 7.07. The fourth-order valence-corrected chi connectivity index (χ4v) is 2.12. The molecule has 0 amide bonds. The predicted molar refractivity (Wildman–Crippen MR) is 71.9 cm³/mol. The molecule has 0 aliphatic heterocycles. The van der Waals surface area contributed by atoms with Crippen molar-refractivity contribution in [1.82, 2.24) is 20.2 Å². The maximum Gasteiger partial charge on any atom is 0.305 e. The van der Waals surface area contributed by atoms with Crippen LogP contribution in [0.25, 0.3) is 0 Å². The molecule has 0 bridgehead atoms. The number of aryl methyl sites for hydroxylation is 1. The Morgan fingerprint density at radius 2 is 1.95 bits per heavy atom. The molecule has 0 saturated carbocycles. The normalized spacial score (nSPS) is 12.5. The second kappa shape index (κ2) is 8.61. The van der Waals surface area contributed by atoms with E-state index in [-0.39, 0.29) is 12.5 Å². The van der Waals surface area contributed by atoms with Gasteiger partial charge in [0, 0.05) is 6.42 Å². The average molecular weight is 268 g/mol. The lowest BCUT2D eigenvalue weighted by molar-refractivity contribution is -0.137. The van der Waals surface area contributed by atoms with Crippen LogP contribution in [0.5, 0.6) is 0 Å². The van der Waals surface area contributed by atoms with Crippen LogP contribution in [0.3, 0.4) is 0 Å². The van der Waals surface area contributed by atoms with Crippen molar-refractivity contribution in [3.63, 3.8) is 0 Å². The predicted octanol–water partition coefficient (Wildman–Crippen LogP) is 2.61. The summed E-state index contributed by atoms with van der Waals surface area (Å²) in [7, 11) is 0. The number of tetrazole rings is 1. The quantitative estimate of drug-likeness (QED) is 0.660. The molecular weight excluding hydrogens is 244 g/mol. The molecule has 6 nitrogen and oxygen atoms in total. The third-order valence-electron chi connectivity index (χ3n) is 3.20. The Morgan fingerprint density at radius 1 is 1.26 bits per heavy atom. The summed E-state index contributed by atoms with van der Waals surface area (Å²) in [5.41, 5.74) is 0. The molecule has 19 heavy (non-hydrogen) atoms. The maximum atomic E-state index is 10.7. The van der Waals surface area contributed by atoms with E-state index >= 15 is 0 Å². The zero-order chi connectivity index (χ0) is 14.1. The fraction of sp³-hybridized carbons (Fsp3) is 0.846. The summed E-state index contributed by atoms with van der Waals surface area (Å²) < 4.78 is 1.64. The van der Waals surface area contributed by atoms with E-state index in [0.29, 0.717) is 0 Å². The van der Waals surface area contributed by atoms with Gasteiger partial charge in [0.05, 0.1) is 12.5 Å². The smallest absolute Gasteiger partial charge is 0.305 e. The monoisotopic (exact) mass is 268 g/mol. The Balaban J connectivity index is 2.34. The van der Waals surface area contributed by atoms with Gasteiger partial charge in [-0.2, -0.15) is 0 Å². The molecule has 1 unspecified atom stereocenters. The lowest BCUT2D eigenvalue weighted by atomic mass is 10.1. The number of hydrogen-bond donors (Lipinski definition) is 1. The molecule has 108 valence electrons. The first-order chi connectivity index (χ1) is 9.15. The van der Waals surface area contributed by atoms with E-state index in [2.05, 4.69) is 22.4 Å².